The van der Waals surface area contributed by atoms with Gasteiger partial charge in [-0.25, -0.2) is 4.98 Å². The summed E-state index contributed by atoms with van der Waals surface area (Å²) in [5.74, 6) is 1.46. The van der Waals surface area contributed by atoms with Gasteiger partial charge in [-0.3, -0.25) is 9.69 Å². The summed E-state index contributed by atoms with van der Waals surface area (Å²) < 4.78 is 5.44. The van der Waals surface area contributed by atoms with Gasteiger partial charge in [0, 0.05) is 44.5 Å². The number of amides is 1. The van der Waals surface area contributed by atoms with Crippen LogP contribution in [0.4, 0.5) is 5.82 Å². The Bertz CT molecular complexity index is 576. The van der Waals surface area contributed by atoms with Crippen LogP contribution in [0.1, 0.15) is 44.0 Å². The van der Waals surface area contributed by atoms with Gasteiger partial charge in [-0.1, -0.05) is 13.8 Å². The lowest BCUT2D eigenvalue weighted by Crippen LogP contribution is -2.50. The van der Waals surface area contributed by atoms with E-state index in [0.29, 0.717) is 23.6 Å². The molecule has 1 aromatic heterocycles. The molecule has 6 heteroatoms. The molecule has 3 heterocycles. The van der Waals surface area contributed by atoms with Crippen molar-refractivity contribution in [2.45, 2.75) is 45.7 Å². The second kappa shape index (κ2) is 8.82. The Morgan fingerprint density at radius 2 is 1.85 bits per heavy atom. The molecule has 1 amide bonds. The number of likely N-dealkylation sites (tertiary alicyclic amines) is 1. The van der Waals surface area contributed by atoms with Crippen LogP contribution in [-0.4, -0.2) is 72.2 Å². The van der Waals surface area contributed by atoms with Crippen LogP contribution in [0.3, 0.4) is 0 Å². The summed E-state index contributed by atoms with van der Waals surface area (Å²) in [5, 5.41) is 3.38. The van der Waals surface area contributed by atoms with E-state index in [0.717, 1.165) is 58.1 Å². The maximum Gasteiger partial charge on any atom is 0.255 e. The summed E-state index contributed by atoms with van der Waals surface area (Å²) in [6.45, 7) is 11.9. The van der Waals surface area contributed by atoms with Crippen LogP contribution in [-0.2, 0) is 4.74 Å². The van der Waals surface area contributed by atoms with Crippen LogP contribution < -0.4 is 5.32 Å². The van der Waals surface area contributed by atoms with Crippen molar-refractivity contribution in [3.05, 3.63) is 23.9 Å². The number of carbonyl (C=O) groups is 1. The molecule has 0 saturated carbocycles. The second-order valence-corrected chi connectivity index (χ2v) is 7.78. The Balaban J connectivity index is 1.51. The van der Waals surface area contributed by atoms with Crippen molar-refractivity contribution in [1.82, 2.24) is 14.8 Å². The van der Waals surface area contributed by atoms with E-state index >= 15 is 0 Å². The van der Waals surface area contributed by atoms with Gasteiger partial charge < -0.3 is 15.0 Å². The zero-order valence-corrected chi connectivity index (χ0v) is 16.3. The zero-order chi connectivity index (χ0) is 18.5. The molecule has 0 unspecified atom stereocenters. The van der Waals surface area contributed by atoms with Crippen LogP contribution >= 0.6 is 0 Å². The minimum absolute atomic E-state index is 0.0985. The number of pyridine rings is 1. The Hall–Kier alpha value is -1.66. The summed E-state index contributed by atoms with van der Waals surface area (Å²) in [6.07, 6.45) is 3.79. The number of hydrogen-bond donors (Lipinski definition) is 1. The molecule has 6 nitrogen and oxygen atoms in total. The highest BCUT2D eigenvalue weighted by Gasteiger charge is 2.28. The average Bonchev–Trinajstić information content (AvgIpc) is 2.69. The number of aromatic nitrogens is 1. The highest BCUT2D eigenvalue weighted by atomic mass is 16.5. The Kier molecular flexibility index (Phi) is 6.48. The molecule has 2 fully saturated rings. The van der Waals surface area contributed by atoms with E-state index in [-0.39, 0.29) is 5.91 Å². The molecule has 1 N–H and O–H groups in total. The molecule has 0 aliphatic carbocycles. The molecule has 2 saturated heterocycles. The van der Waals surface area contributed by atoms with E-state index in [1.807, 2.05) is 17.0 Å². The third-order valence-corrected chi connectivity index (χ3v) is 5.70. The molecule has 2 aliphatic rings. The van der Waals surface area contributed by atoms with Crippen molar-refractivity contribution in [3.63, 3.8) is 0 Å². The molecule has 3 rings (SSSR count). The smallest absolute Gasteiger partial charge is 0.255 e. The van der Waals surface area contributed by atoms with Crippen LogP contribution in [0, 0.1) is 5.92 Å². The standard InChI is InChI=1S/C20H32N4O2/c1-15(2)16(3)22-19-5-4-17(14-21-19)20(25)24-8-6-18(7-9-24)23-10-12-26-13-11-23/h4-5,14-16,18H,6-13H2,1-3H3,(H,21,22)/t16-/m1/s1. The number of piperidine rings is 1. The lowest BCUT2D eigenvalue weighted by molar-refractivity contribution is 0.00158. The number of rotatable bonds is 5. The molecule has 0 radical (unpaired) electrons. The molecule has 1 aromatic rings. The molecular formula is C20H32N4O2. The van der Waals surface area contributed by atoms with E-state index < -0.39 is 0 Å². The van der Waals surface area contributed by atoms with Crippen molar-refractivity contribution >= 4 is 11.7 Å². The molecule has 0 bridgehead atoms. The van der Waals surface area contributed by atoms with Crippen LogP contribution in [0.15, 0.2) is 18.3 Å². The van der Waals surface area contributed by atoms with E-state index in [9.17, 15) is 4.79 Å². The van der Waals surface area contributed by atoms with Crippen molar-refractivity contribution < 1.29 is 9.53 Å². The first-order valence-corrected chi connectivity index (χ1v) is 9.88. The fourth-order valence-electron chi connectivity index (χ4n) is 3.56. The molecule has 144 valence electrons. The van der Waals surface area contributed by atoms with Crippen molar-refractivity contribution in [2.75, 3.05) is 44.7 Å². The van der Waals surface area contributed by atoms with E-state index in [1.165, 1.54) is 0 Å². The summed E-state index contributed by atoms with van der Waals surface area (Å²) in [4.78, 5) is 21.7. The molecule has 2 aliphatic heterocycles. The zero-order valence-electron chi connectivity index (χ0n) is 16.3. The molecular weight excluding hydrogens is 328 g/mol. The first kappa shape index (κ1) is 19.1. The lowest BCUT2D eigenvalue weighted by atomic mass is 10.0. The molecule has 0 aromatic carbocycles. The van der Waals surface area contributed by atoms with Gasteiger partial charge in [0.2, 0.25) is 0 Å². The predicted octanol–water partition coefficient (Wildman–Crippen LogP) is 2.47. The van der Waals surface area contributed by atoms with E-state index in [1.54, 1.807) is 6.20 Å². The number of morpholine rings is 1. The van der Waals surface area contributed by atoms with Gasteiger partial charge in [0.25, 0.3) is 5.91 Å². The lowest BCUT2D eigenvalue weighted by Gasteiger charge is -2.40. The summed E-state index contributed by atoms with van der Waals surface area (Å²) in [7, 11) is 0. The molecule has 26 heavy (non-hydrogen) atoms. The summed E-state index contributed by atoms with van der Waals surface area (Å²) in [5.41, 5.74) is 0.678. The Morgan fingerprint density at radius 3 is 2.42 bits per heavy atom. The molecule has 1 atom stereocenters. The number of nitrogens with zero attached hydrogens (tertiary/aromatic N) is 3. The minimum Gasteiger partial charge on any atom is -0.379 e. The third kappa shape index (κ3) is 4.74. The number of nitrogens with one attached hydrogen (secondary N) is 1. The van der Waals surface area contributed by atoms with Gasteiger partial charge in [-0.2, -0.15) is 0 Å². The van der Waals surface area contributed by atoms with E-state index in [2.05, 4.69) is 36.0 Å². The minimum atomic E-state index is 0.0985. The Labute approximate surface area is 156 Å². The van der Waals surface area contributed by atoms with Gasteiger partial charge >= 0.3 is 0 Å². The predicted molar refractivity (Wildman–Crippen MR) is 103 cm³/mol. The van der Waals surface area contributed by atoms with Gasteiger partial charge in [-0.15, -0.1) is 0 Å². The largest absolute Gasteiger partial charge is 0.379 e. The summed E-state index contributed by atoms with van der Waals surface area (Å²) >= 11 is 0. The van der Waals surface area contributed by atoms with Crippen LogP contribution in [0.2, 0.25) is 0 Å². The van der Waals surface area contributed by atoms with Gasteiger partial charge in [0.05, 0.1) is 18.8 Å². The average molecular weight is 361 g/mol. The normalized spacial score (nSPS) is 21.0. The number of hydrogen-bond acceptors (Lipinski definition) is 5. The monoisotopic (exact) mass is 360 g/mol. The second-order valence-electron chi connectivity index (χ2n) is 7.78. The van der Waals surface area contributed by atoms with Crippen molar-refractivity contribution in [3.8, 4) is 0 Å². The maximum atomic E-state index is 12.8. The number of anilines is 1. The summed E-state index contributed by atoms with van der Waals surface area (Å²) in [6, 6.07) is 4.74. The highest BCUT2D eigenvalue weighted by Crippen LogP contribution is 2.20. The van der Waals surface area contributed by atoms with Crippen molar-refractivity contribution in [1.29, 1.82) is 0 Å². The highest BCUT2D eigenvalue weighted by molar-refractivity contribution is 5.94. The fraction of sp³-hybridized carbons (Fsp3) is 0.700. The maximum absolute atomic E-state index is 12.8. The van der Waals surface area contributed by atoms with E-state index in [4.69, 9.17) is 4.74 Å². The van der Waals surface area contributed by atoms with Crippen molar-refractivity contribution in [2.24, 2.45) is 5.92 Å². The topological polar surface area (TPSA) is 57.7 Å². The Morgan fingerprint density at radius 1 is 1.15 bits per heavy atom. The first-order valence-electron chi connectivity index (χ1n) is 9.88. The first-order chi connectivity index (χ1) is 12.5. The van der Waals surface area contributed by atoms with Gasteiger partial charge in [-0.05, 0) is 37.8 Å². The third-order valence-electron chi connectivity index (χ3n) is 5.70. The quantitative estimate of drug-likeness (QED) is 0.874. The number of ether oxygens (including phenoxy) is 1. The van der Waals surface area contributed by atoms with Gasteiger partial charge in [0.15, 0.2) is 0 Å². The molecule has 0 spiro atoms. The SMILES string of the molecule is CC(C)[C@@H](C)Nc1ccc(C(=O)N2CCC(N3CCOCC3)CC2)cn1. The van der Waals surface area contributed by atoms with Crippen LogP contribution in [0.5, 0.6) is 0 Å². The fourth-order valence-corrected chi connectivity index (χ4v) is 3.56. The van der Waals surface area contributed by atoms with Gasteiger partial charge in [0.1, 0.15) is 5.82 Å². The number of carbonyl (C=O) groups excluding carboxylic acids is 1. The van der Waals surface area contributed by atoms with Crippen LogP contribution in [0.25, 0.3) is 0 Å².